The number of esters is 1. The van der Waals surface area contributed by atoms with Crippen LogP contribution in [0.1, 0.15) is 25.3 Å². The average Bonchev–Trinajstić information content (AvgIpc) is 2.45. The first kappa shape index (κ1) is 15.5. The Morgan fingerprint density at radius 3 is 2.53 bits per heavy atom. The minimum Gasteiger partial charge on any atom is -0.497 e. The lowest BCUT2D eigenvalue weighted by Crippen LogP contribution is -2.29. The molecule has 4 heteroatoms. The zero-order valence-corrected chi connectivity index (χ0v) is 11.9. The van der Waals surface area contributed by atoms with E-state index in [1.54, 1.807) is 7.11 Å². The summed E-state index contributed by atoms with van der Waals surface area (Å²) in [5, 5.41) is 3.32. The minimum atomic E-state index is -0.171. The van der Waals surface area contributed by atoms with E-state index in [0.717, 1.165) is 18.6 Å². The number of ether oxygens (including phenoxy) is 2. The molecule has 0 aliphatic carbocycles. The number of nitrogens with one attached hydrogen (secondary N) is 1. The second-order valence-corrected chi connectivity index (χ2v) is 4.57. The molecule has 0 amide bonds. The van der Waals surface area contributed by atoms with Crippen LogP contribution in [-0.4, -0.2) is 32.8 Å². The van der Waals surface area contributed by atoms with Crippen molar-refractivity contribution in [3.8, 4) is 5.75 Å². The minimum absolute atomic E-state index is 0.171. The normalized spacial score (nSPS) is 11.9. The molecule has 1 aromatic rings. The van der Waals surface area contributed by atoms with Crippen molar-refractivity contribution in [2.24, 2.45) is 0 Å². The van der Waals surface area contributed by atoms with E-state index in [-0.39, 0.29) is 5.97 Å². The van der Waals surface area contributed by atoms with E-state index >= 15 is 0 Å². The first-order valence-corrected chi connectivity index (χ1v) is 6.59. The Kier molecular flexibility index (Phi) is 6.97. The lowest BCUT2D eigenvalue weighted by atomic mass is 10.1. The first-order chi connectivity index (χ1) is 9.15. The largest absolute Gasteiger partial charge is 0.497 e. The van der Waals surface area contributed by atoms with Crippen LogP contribution in [0, 0.1) is 0 Å². The smallest absolute Gasteiger partial charge is 0.306 e. The number of aryl methyl sites for hydroxylation is 1. The molecule has 0 heterocycles. The zero-order valence-electron chi connectivity index (χ0n) is 11.9. The number of carbonyl (C=O) groups excluding carboxylic acids is 1. The zero-order chi connectivity index (χ0) is 14.1. The van der Waals surface area contributed by atoms with E-state index in [2.05, 4.69) is 29.1 Å². The number of hydrogen-bond acceptors (Lipinski definition) is 4. The molecule has 106 valence electrons. The molecule has 1 N–H and O–H groups in total. The quantitative estimate of drug-likeness (QED) is 0.732. The van der Waals surface area contributed by atoms with Gasteiger partial charge in [0.05, 0.1) is 20.6 Å². The van der Waals surface area contributed by atoms with Gasteiger partial charge in [-0.1, -0.05) is 12.1 Å². The molecule has 0 saturated heterocycles. The standard InChI is InChI=1S/C15H23NO3/c1-12(16-11-10-15(17)19-3)4-5-13-6-8-14(18-2)9-7-13/h6-9,12,16H,4-5,10-11H2,1-3H3. The summed E-state index contributed by atoms with van der Waals surface area (Å²) in [7, 11) is 3.08. The molecule has 0 bridgehead atoms. The molecule has 0 aromatic heterocycles. The molecular weight excluding hydrogens is 242 g/mol. The van der Waals surface area contributed by atoms with Crippen LogP contribution in [0.5, 0.6) is 5.75 Å². The lowest BCUT2D eigenvalue weighted by Gasteiger charge is -2.13. The number of methoxy groups -OCH3 is 2. The van der Waals surface area contributed by atoms with Gasteiger partial charge in [-0.15, -0.1) is 0 Å². The maximum atomic E-state index is 11.0. The molecule has 1 rings (SSSR count). The van der Waals surface area contributed by atoms with Crippen LogP contribution in [0.15, 0.2) is 24.3 Å². The van der Waals surface area contributed by atoms with Crippen LogP contribution in [0.3, 0.4) is 0 Å². The van der Waals surface area contributed by atoms with E-state index < -0.39 is 0 Å². The summed E-state index contributed by atoms with van der Waals surface area (Å²) in [6.07, 6.45) is 2.47. The molecule has 0 aliphatic heterocycles. The summed E-state index contributed by atoms with van der Waals surface area (Å²) in [6.45, 7) is 2.79. The molecule has 1 aromatic carbocycles. The molecule has 4 nitrogen and oxygen atoms in total. The van der Waals surface area contributed by atoms with Crippen LogP contribution in [0.4, 0.5) is 0 Å². The van der Waals surface area contributed by atoms with Gasteiger partial charge in [-0.2, -0.15) is 0 Å². The van der Waals surface area contributed by atoms with Crippen molar-refractivity contribution in [3.63, 3.8) is 0 Å². The summed E-state index contributed by atoms with van der Waals surface area (Å²) in [4.78, 5) is 11.0. The van der Waals surface area contributed by atoms with Crippen molar-refractivity contribution in [2.45, 2.75) is 32.2 Å². The molecule has 0 aliphatic rings. The number of carbonyl (C=O) groups is 1. The SMILES string of the molecule is COC(=O)CCNC(C)CCc1ccc(OC)cc1. The molecule has 19 heavy (non-hydrogen) atoms. The van der Waals surface area contributed by atoms with Crippen molar-refractivity contribution in [1.82, 2.24) is 5.32 Å². The van der Waals surface area contributed by atoms with Gasteiger partial charge in [0, 0.05) is 12.6 Å². The second-order valence-electron chi connectivity index (χ2n) is 4.57. The number of benzene rings is 1. The van der Waals surface area contributed by atoms with E-state index in [9.17, 15) is 4.79 Å². The van der Waals surface area contributed by atoms with Crippen LogP contribution in [0.2, 0.25) is 0 Å². The van der Waals surface area contributed by atoms with Gasteiger partial charge in [0.15, 0.2) is 0 Å². The highest BCUT2D eigenvalue weighted by Gasteiger charge is 2.04. The van der Waals surface area contributed by atoms with Gasteiger partial charge in [-0.3, -0.25) is 4.79 Å². The van der Waals surface area contributed by atoms with Crippen molar-refractivity contribution in [2.75, 3.05) is 20.8 Å². The molecule has 0 saturated carbocycles. The lowest BCUT2D eigenvalue weighted by molar-refractivity contribution is -0.140. The maximum Gasteiger partial charge on any atom is 0.306 e. The Labute approximate surface area is 115 Å². The van der Waals surface area contributed by atoms with Gasteiger partial charge in [0.1, 0.15) is 5.75 Å². The Balaban J connectivity index is 2.21. The third kappa shape index (κ3) is 6.25. The summed E-state index contributed by atoms with van der Waals surface area (Å²) in [6, 6.07) is 8.50. The molecule has 0 fully saturated rings. The molecule has 1 unspecified atom stereocenters. The third-order valence-corrected chi connectivity index (χ3v) is 3.07. The Hall–Kier alpha value is -1.55. The number of rotatable bonds is 8. The average molecular weight is 265 g/mol. The fraction of sp³-hybridized carbons (Fsp3) is 0.533. The third-order valence-electron chi connectivity index (χ3n) is 3.07. The summed E-state index contributed by atoms with van der Waals surface area (Å²) >= 11 is 0. The Morgan fingerprint density at radius 2 is 1.95 bits per heavy atom. The van der Waals surface area contributed by atoms with Gasteiger partial charge in [-0.25, -0.2) is 0 Å². The predicted octanol–water partition coefficient (Wildman–Crippen LogP) is 2.17. The second kappa shape index (κ2) is 8.53. The molecule has 0 spiro atoms. The van der Waals surface area contributed by atoms with Crippen LogP contribution >= 0.6 is 0 Å². The molecular formula is C15H23NO3. The van der Waals surface area contributed by atoms with E-state index in [1.807, 2.05) is 12.1 Å². The summed E-state index contributed by atoms with van der Waals surface area (Å²) in [5.74, 6) is 0.711. The Morgan fingerprint density at radius 1 is 1.26 bits per heavy atom. The Bertz CT molecular complexity index is 375. The molecule has 0 radical (unpaired) electrons. The highest BCUT2D eigenvalue weighted by molar-refractivity contribution is 5.69. The van der Waals surface area contributed by atoms with Crippen molar-refractivity contribution in [3.05, 3.63) is 29.8 Å². The van der Waals surface area contributed by atoms with Gasteiger partial charge in [0.2, 0.25) is 0 Å². The monoisotopic (exact) mass is 265 g/mol. The van der Waals surface area contributed by atoms with Crippen molar-refractivity contribution in [1.29, 1.82) is 0 Å². The fourth-order valence-corrected chi connectivity index (χ4v) is 1.80. The topological polar surface area (TPSA) is 47.6 Å². The first-order valence-electron chi connectivity index (χ1n) is 6.59. The van der Waals surface area contributed by atoms with Crippen molar-refractivity contribution >= 4 is 5.97 Å². The number of hydrogen-bond donors (Lipinski definition) is 1. The van der Waals surface area contributed by atoms with E-state index in [4.69, 9.17) is 4.74 Å². The molecule has 1 atom stereocenters. The summed E-state index contributed by atoms with van der Waals surface area (Å²) in [5.41, 5.74) is 1.29. The van der Waals surface area contributed by atoms with Gasteiger partial charge < -0.3 is 14.8 Å². The van der Waals surface area contributed by atoms with Gasteiger partial charge in [-0.05, 0) is 37.5 Å². The predicted molar refractivity (Wildman–Crippen MR) is 75.4 cm³/mol. The highest BCUT2D eigenvalue weighted by atomic mass is 16.5. The summed E-state index contributed by atoms with van der Waals surface area (Å²) < 4.78 is 9.72. The highest BCUT2D eigenvalue weighted by Crippen LogP contribution is 2.13. The van der Waals surface area contributed by atoms with Gasteiger partial charge in [0.25, 0.3) is 0 Å². The van der Waals surface area contributed by atoms with Crippen LogP contribution in [0.25, 0.3) is 0 Å². The fourth-order valence-electron chi connectivity index (χ4n) is 1.80. The van der Waals surface area contributed by atoms with Crippen LogP contribution in [-0.2, 0) is 16.0 Å². The van der Waals surface area contributed by atoms with E-state index in [1.165, 1.54) is 12.7 Å². The maximum absolute atomic E-state index is 11.0. The van der Waals surface area contributed by atoms with E-state index in [0.29, 0.717) is 19.0 Å². The van der Waals surface area contributed by atoms with Gasteiger partial charge >= 0.3 is 5.97 Å². The van der Waals surface area contributed by atoms with Crippen LogP contribution < -0.4 is 10.1 Å². The van der Waals surface area contributed by atoms with Crippen molar-refractivity contribution < 1.29 is 14.3 Å².